The molecule has 0 unspecified atom stereocenters. The topological polar surface area (TPSA) is 643 Å². The maximum atomic E-state index is 15.4. The molecule has 0 radical (unpaired) electrons. The maximum absolute atomic E-state index is 15.4. The van der Waals surface area contributed by atoms with Gasteiger partial charge in [0.1, 0.15) is 77.8 Å². The van der Waals surface area contributed by atoms with Gasteiger partial charge in [0.2, 0.25) is 82.7 Å². The van der Waals surface area contributed by atoms with Crippen molar-refractivity contribution in [3.05, 3.63) is 84.1 Å². The van der Waals surface area contributed by atoms with Crippen molar-refractivity contribution in [3.63, 3.8) is 0 Å². The standard InChI is InChI=1S/C82H130N20O18/c1-11-52(83)67(107)100-66(48(8)103)76(116)96-59(40-49-27-20-19-21-28-49)75(115)102-82(10)35-25-18-16-14-12-13-15-17-24-34-81(9,78(119)98-55(32-33-63(84)104)69(109)97-62(77(117)118)43-65(86)106)101-74(114)58(39-47(6)7)94-70(110)56(37-45(2)3)92-68(108)54(31-26-36-89-80(87)88)91-72(112)60(41-50-44-90-53-30-23-22-29-51(50)53)95-71(111)57(38-46(4)5)93-73(113)61(42-64(85)105)99-79(82)120/h12-13,19-23,27-30,44-48,52,54-62,66,80,89-90,103H,11,14-18,24-26,31-43,83,87-88H2,1-10H3,(H2,84,104)(H2,85,105)(H2,86,106)(H,91,112)(H,92,108)(H,93,113)(H,94,110)(H,95,111)(H,96,116)(H,97,109)(H,98,119)(H,99,120)(H,100,107)(H,101,114)(H,102,115)(H,117,118)/p+1/b13-12+/t48-,52+,54+,55+,56+,57+,58+,59+,60+,61+,62+,66+,81+,82-/m1/s1. The summed E-state index contributed by atoms with van der Waals surface area (Å²) >= 11 is 0. The van der Waals surface area contributed by atoms with Gasteiger partial charge in [0.25, 0.3) is 5.91 Å². The lowest BCUT2D eigenvalue weighted by atomic mass is 9.90. The first-order chi connectivity index (χ1) is 56.5. The third-order valence-corrected chi connectivity index (χ3v) is 20.4. The Hall–Kier alpha value is -11.0. The molecule has 1 aromatic heterocycles. The lowest BCUT2D eigenvalue weighted by Crippen LogP contribution is -2.69. The minimum absolute atomic E-state index is 0.0459. The van der Waals surface area contributed by atoms with Crippen LogP contribution in [0.5, 0.6) is 0 Å². The van der Waals surface area contributed by atoms with Gasteiger partial charge in [0.15, 0.2) is 6.04 Å². The van der Waals surface area contributed by atoms with Gasteiger partial charge in [-0.1, -0.05) is 128 Å². The summed E-state index contributed by atoms with van der Waals surface area (Å²) in [6.07, 6.45) is 2.12. The number of rotatable bonds is 35. The number of nitrogens with two attached hydrogens (primary N) is 5. The third kappa shape index (κ3) is 35.2. The fourth-order valence-corrected chi connectivity index (χ4v) is 13.6. The Morgan fingerprint density at radius 3 is 1.64 bits per heavy atom. The lowest BCUT2D eigenvalue weighted by molar-refractivity contribution is -0.404. The molecule has 2 aromatic carbocycles. The van der Waals surface area contributed by atoms with Gasteiger partial charge < -0.3 is 113 Å². The van der Waals surface area contributed by atoms with E-state index in [0.717, 1.165) is 0 Å². The number of para-hydroxylation sites is 1. The van der Waals surface area contributed by atoms with Gasteiger partial charge in [0, 0.05) is 42.8 Å². The van der Waals surface area contributed by atoms with E-state index in [1.54, 1.807) is 109 Å². The van der Waals surface area contributed by atoms with Crippen LogP contribution >= 0.6 is 0 Å². The van der Waals surface area contributed by atoms with E-state index in [9.17, 15) is 58.2 Å². The molecule has 1 aliphatic rings. The van der Waals surface area contributed by atoms with Crippen molar-refractivity contribution in [2.75, 3.05) is 6.54 Å². The molecule has 14 atom stereocenters. The highest BCUT2D eigenvalue weighted by Gasteiger charge is 2.44. The van der Waals surface area contributed by atoms with Crippen LogP contribution < -0.4 is 104 Å². The summed E-state index contributed by atoms with van der Waals surface area (Å²) in [7, 11) is 0. The van der Waals surface area contributed by atoms with Crippen molar-refractivity contribution in [3.8, 4) is 0 Å². The number of quaternary nitrogens is 1. The van der Waals surface area contributed by atoms with E-state index >= 15 is 28.8 Å². The number of benzene rings is 2. The van der Waals surface area contributed by atoms with Gasteiger partial charge in [-0.25, -0.2) is 4.79 Å². The van der Waals surface area contributed by atoms with Crippen molar-refractivity contribution in [2.24, 2.45) is 46.4 Å². The van der Waals surface area contributed by atoms with Crippen molar-refractivity contribution < 1.29 is 92.7 Å². The summed E-state index contributed by atoms with van der Waals surface area (Å²) in [6.45, 7) is 16.4. The smallest absolute Gasteiger partial charge is 0.326 e. The fraction of sp³-hybridized carbons (Fsp3) is 0.610. The van der Waals surface area contributed by atoms with E-state index < -0.39 is 210 Å². The minimum atomic E-state index is -2.01. The van der Waals surface area contributed by atoms with Gasteiger partial charge in [-0.3, -0.25) is 77.2 Å². The number of carboxylic acid groups (broad SMARTS) is 1. The number of nitrogens with one attached hydrogen (secondary N) is 14. The molecule has 29 N–H and O–H groups in total. The van der Waals surface area contributed by atoms with Crippen molar-refractivity contribution >= 4 is 105 Å². The number of hydrogen-bond acceptors (Lipinski definition) is 20. The normalized spacial score (nSPS) is 22.7. The average Bonchev–Trinajstić information content (AvgIpc) is 1.55. The second-order valence-electron chi connectivity index (χ2n) is 32.7. The van der Waals surface area contributed by atoms with Crippen LogP contribution in [0.1, 0.15) is 202 Å². The molecule has 4 rings (SSSR count). The lowest BCUT2D eigenvalue weighted by Gasteiger charge is -2.34. The first-order valence-corrected chi connectivity index (χ1v) is 41.2. The number of allylic oxidation sites excluding steroid dienone is 2. The largest absolute Gasteiger partial charge is 0.480 e. The number of aliphatic hydroxyl groups excluding tert-OH is 1. The van der Waals surface area contributed by atoms with Gasteiger partial charge in [0.05, 0.1) is 18.9 Å². The monoisotopic (exact) mass is 1680 g/mol. The average molecular weight is 1690 g/mol. The van der Waals surface area contributed by atoms with Gasteiger partial charge in [-0.2, -0.15) is 0 Å². The van der Waals surface area contributed by atoms with Gasteiger partial charge in [-0.05, 0) is 139 Å². The Balaban J connectivity index is 1.96. The molecule has 666 valence electrons. The molecule has 0 aliphatic carbocycles. The number of aliphatic hydroxyl groups is 1. The Morgan fingerprint density at radius 2 is 1.09 bits per heavy atom. The molecule has 3 aromatic rings. The first-order valence-electron chi connectivity index (χ1n) is 41.2. The molecular weight excluding hydrogens is 1550 g/mol. The van der Waals surface area contributed by atoms with Gasteiger partial charge in [-0.15, -0.1) is 0 Å². The molecule has 0 saturated carbocycles. The van der Waals surface area contributed by atoms with Crippen molar-refractivity contribution in [2.45, 2.75) is 294 Å². The van der Waals surface area contributed by atoms with Crippen LogP contribution in [-0.2, 0) is 89.6 Å². The second-order valence-corrected chi connectivity index (χ2v) is 32.7. The SMILES string of the molecule is CC[C@H]([NH3+])C(=O)N[C@H](C(=O)N[C@@H](Cc1ccccc1)C(=O)N[C@]1(C)CCCCC/C=C/CCCC[C@@](C)(C(=O)N[C@@H](CCC(N)=O)C(=O)N[C@@H](CC(N)=O)C(=O)O)NC(=O)[C@H](CC(C)C)NC(=O)[C@H](CC(C)C)NC(=O)[C@H](CCCNC(N)N)NC(=O)[C@H](Cc2c[nH]c3ccccc23)NC(=O)[C@H](CC(C)C)NC(=O)[C@H](CC(N)=O)NC1=O)[C@@H](C)O. The number of carbonyl (C=O) groups excluding carboxylic acids is 15. The predicted molar refractivity (Wildman–Crippen MR) is 445 cm³/mol. The zero-order chi connectivity index (χ0) is 89.7. The zero-order valence-corrected chi connectivity index (χ0v) is 70.7. The molecule has 15 amide bonds. The number of carbonyl (C=O) groups is 16. The maximum Gasteiger partial charge on any atom is 0.326 e. The Morgan fingerprint density at radius 1 is 0.567 bits per heavy atom. The molecule has 120 heavy (non-hydrogen) atoms. The van der Waals surface area contributed by atoms with Crippen LogP contribution in [0.2, 0.25) is 0 Å². The number of primary amides is 3. The number of amides is 15. The Bertz CT molecular complexity index is 4010. The second kappa shape index (κ2) is 50.2. The van der Waals surface area contributed by atoms with Crippen molar-refractivity contribution in [1.29, 1.82) is 0 Å². The van der Waals surface area contributed by atoms with Crippen molar-refractivity contribution in [1.82, 2.24) is 74.1 Å². The van der Waals surface area contributed by atoms with Crippen LogP contribution in [0.25, 0.3) is 10.9 Å². The summed E-state index contributed by atoms with van der Waals surface area (Å²) in [5.41, 5.74) is 29.8. The number of H-pyrrole nitrogens is 1. The summed E-state index contributed by atoms with van der Waals surface area (Å²) in [5, 5.41) is 56.2. The first kappa shape index (κ1) is 101. The molecule has 38 heteroatoms. The quantitative estimate of drug-likeness (QED) is 0.0169. The number of fused-ring (bicyclic) bond motifs is 1. The molecule has 2 heterocycles. The summed E-state index contributed by atoms with van der Waals surface area (Å²) in [5.74, 6) is -17.0. The van der Waals surface area contributed by atoms with E-state index in [-0.39, 0.29) is 94.9 Å². The Kier molecular flexibility index (Phi) is 42.4. The molecular formula is C82H131N20O18+. The molecule has 0 saturated heterocycles. The van der Waals surface area contributed by atoms with E-state index in [1.807, 2.05) is 12.2 Å². The number of aromatic nitrogens is 1. The van der Waals surface area contributed by atoms with Crippen LogP contribution in [0.4, 0.5) is 0 Å². The highest BCUT2D eigenvalue weighted by Crippen LogP contribution is 2.24. The summed E-state index contributed by atoms with van der Waals surface area (Å²) in [6, 6.07) is -1.18. The Labute approximate surface area is 700 Å². The number of aromatic amines is 1. The highest BCUT2D eigenvalue weighted by atomic mass is 16.4. The number of hydrogen-bond donors (Lipinski definition) is 22. The minimum Gasteiger partial charge on any atom is -0.480 e. The van der Waals surface area contributed by atoms with E-state index in [0.29, 0.717) is 60.6 Å². The molecule has 1 aliphatic heterocycles. The molecule has 0 spiro atoms. The van der Waals surface area contributed by atoms with Crippen LogP contribution in [0.15, 0.2) is 72.9 Å². The third-order valence-electron chi connectivity index (χ3n) is 20.4. The van der Waals surface area contributed by atoms with E-state index in [2.05, 4.69) is 79.8 Å². The zero-order valence-electron chi connectivity index (χ0n) is 70.7. The fourth-order valence-electron chi connectivity index (χ4n) is 13.6. The summed E-state index contributed by atoms with van der Waals surface area (Å²) < 4.78 is 0. The van der Waals surface area contributed by atoms with E-state index in [1.165, 1.54) is 20.8 Å². The summed E-state index contributed by atoms with van der Waals surface area (Å²) in [4.78, 5) is 230. The molecule has 0 bridgehead atoms. The number of aliphatic carboxylic acids is 1. The molecule has 0 fully saturated rings. The van der Waals surface area contributed by atoms with Crippen LogP contribution in [0, 0.1) is 17.8 Å². The van der Waals surface area contributed by atoms with E-state index in [4.69, 9.17) is 28.7 Å². The van der Waals surface area contributed by atoms with Crippen LogP contribution in [-0.4, -0.2) is 206 Å². The predicted octanol–water partition coefficient (Wildman–Crippen LogP) is -2.16. The highest BCUT2D eigenvalue weighted by molar-refractivity contribution is 6.02. The van der Waals surface area contributed by atoms with Crippen LogP contribution in [0.3, 0.4) is 0 Å². The van der Waals surface area contributed by atoms with Gasteiger partial charge >= 0.3 is 5.97 Å². The number of carboxylic acids is 1. The molecule has 38 nitrogen and oxygen atoms in total.